The molecule has 3 nitrogen and oxygen atoms in total. The van der Waals surface area contributed by atoms with E-state index < -0.39 is 35.0 Å². The Hall–Kier alpha value is -1.99. The Labute approximate surface area is 110 Å². The molecule has 0 bridgehead atoms. The van der Waals surface area contributed by atoms with Gasteiger partial charge in [0, 0.05) is 5.56 Å². The molecule has 8 heteroatoms. The Kier molecular flexibility index (Phi) is 4.46. The normalized spacial score (nSPS) is 12.1. The molecule has 0 N–H and O–H groups in total. The van der Waals surface area contributed by atoms with Gasteiger partial charge in [-0.25, -0.2) is 4.79 Å². The molecule has 0 aliphatic carbocycles. The van der Waals surface area contributed by atoms with E-state index in [2.05, 4.69) is 4.74 Å². The van der Waals surface area contributed by atoms with E-state index >= 15 is 0 Å². The van der Waals surface area contributed by atoms with Crippen LogP contribution in [0.1, 0.15) is 22.8 Å². The van der Waals surface area contributed by atoms with Crippen molar-refractivity contribution in [3.8, 4) is 0 Å². The Balaban J connectivity index is 3.12. The highest BCUT2D eigenvalue weighted by Gasteiger charge is 2.49. The highest BCUT2D eigenvalue weighted by molar-refractivity contribution is 6.13. The van der Waals surface area contributed by atoms with Crippen molar-refractivity contribution in [2.75, 3.05) is 6.61 Å². The molecule has 0 saturated heterocycles. The van der Waals surface area contributed by atoms with Crippen LogP contribution in [-0.2, 0) is 15.7 Å². The number of benzene rings is 1. The number of alkyl halides is 5. The van der Waals surface area contributed by atoms with E-state index in [9.17, 15) is 31.5 Å². The largest absolute Gasteiger partial charge is 0.461 e. The molecule has 0 amide bonds. The smallest absolute Gasteiger partial charge is 0.416 e. The van der Waals surface area contributed by atoms with Crippen LogP contribution in [0.15, 0.2) is 24.3 Å². The number of rotatable bonds is 4. The molecular formula is C12H9F5O3. The first-order valence-corrected chi connectivity index (χ1v) is 5.37. The molecule has 0 radical (unpaired) electrons. The Bertz CT molecular complexity index is 522. The van der Waals surface area contributed by atoms with Gasteiger partial charge in [-0.1, -0.05) is 12.1 Å². The quantitative estimate of drug-likeness (QED) is 0.371. The lowest BCUT2D eigenvalue weighted by Crippen LogP contribution is -2.39. The number of carbonyl (C=O) groups excluding carboxylic acids is 2. The van der Waals surface area contributed by atoms with Gasteiger partial charge in [0.1, 0.15) is 0 Å². The van der Waals surface area contributed by atoms with Crippen LogP contribution >= 0.6 is 0 Å². The van der Waals surface area contributed by atoms with Crippen molar-refractivity contribution in [2.24, 2.45) is 0 Å². The molecular weight excluding hydrogens is 287 g/mol. The maximum Gasteiger partial charge on any atom is 0.416 e. The van der Waals surface area contributed by atoms with Crippen LogP contribution in [0.25, 0.3) is 0 Å². The average molecular weight is 296 g/mol. The Morgan fingerprint density at radius 3 is 2.25 bits per heavy atom. The maximum atomic E-state index is 13.4. The average Bonchev–Trinajstić information content (AvgIpc) is 2.37. The number of ether oxygens (including phenoxy) is 1. The lowest BCUT2D eigenvalue weighted by Gasteiger charge is -2.14. The lowest BCUT2D eigenvalue weighted by atomic mass is 10.0. The fourth-order valence-electron chi connectivity index (χ4n) is 1.33. The van der Waals surface area contributed by atoms with Crippen molar-refractivity contribution in [2.45, 2.75) is 19.0 Å². The summed E-state index contributed by atoms with van der Waals surface area (Å²) in [7, 11) is 0. The highest BCUT2D eigenvalue weighted by atomic mass is 19.4. The van der Waals surface area contributed by atoms with Gasteiger partial charge in [0.05, 0.1) is 12.2 Å². The van der Waals surface area contributed by atoms with Crippen LogP contribution in [0.5, 0.6) is 0 Å². The molecule has 20 heavy (non-hydrogen) atoms. The second-order valence-electron chi connectivity index (χ2n) is 3.70. The zero-order valence-electron chi connectivity index (χ0n) is 10.1. The van der Waals surface area contributed by atoms with Gasteiger partial charge in [-0.3, -0.25) is 4.79 Å². The molecule has 0 heterocycles. The van der Waals surface area contributed by atoms with E-state index in [1.54, 1.807) is 0 Å². The first-order chi connectivity index (χ1) is 9.10. The van der Waals surface area contributed by atoms with Crippen LogP contribution in [0, 0.1) is 0 Å². The van der Waals surface area contributed by atoms with Crippen LogP contribution < -0.4 is 0 Å². The molecule has 1 aromatic rings. The van der Waals surface area contributed by atoms with E-state index in [-0.39, 0.29) is 12.7 Å². The van der Waals surface area contributed by atoms with Gasteiger partial charge < -0.3 is 4.74 Å². The van der Waals surface area contributed by atoms with Crippen LogP contribution in [0.2, 0.25) is 0 Å². The fourth-order valence-corrected chi connectivity index (χ4v) is 1.33. The first-order valence-electron chi connectivity index (χ1n) is 5.37. The number of esters is 1. The molecule has 0 aliphatic rings. The highest BCUT2D eigenvalue weighted by Crippen LogP contribution is 2.31. The zero-order chi connectivity index (χ0) is 15.6. The molecule has 0 aliphatic heterocycles. The molecule has 110 valence electrons. The van der Waals surface area contributed by atoms with Gasteiger partial charge in [-0.2, -0.15) is 22.0 Å². The Morgan fingerprint density at radius 2 is 1.75 bits per heavy atom. The molecule has 0 fully saturated rings. The molecule has 0 saturated carbocycles. The minimum atomic E-state index is -4.78. The van der Waals surface area contributed by atoms with Crippen molar-refractivity contribution >= 4 is 11.8 Å². The summed E-state index contributed by atoms with van der Waals surface area (Å²) in [6.45, 7) is 0.868. The van der Waals surface area contributed by atoms with Crippen molar-refractivity contribution in [3.63, 3.8) is 0 Å². The Morgan fingerprint density at radius 1 is 1.15 bits per heavy atom. The summed E-state index contributed by atoms with van der Waals surface area (Å²) in [5, 5.41) is 0. The first kappa shape index (κ1) is 16.1. The van der Waals surface area contributed by atoms with Crippen molar-refractivity contribution in [1.82, 2.24) is 0 Å². The summed E-state index contributed by atoms with van der Waals surface area (Å²) in [5.41, 5.74) is -2.18. The second-order valence-corrected chi connectivity index (χ2v) is 3.70. The summed E-state index contributed by atoms with van der Waals surface area (Å²) in [5.74, 6) is -8.66. The minimum absolute atomic E-state index is 0.259. The molecule has 0 aromatic heterocycles. The number of Topliss-reactive ketones (excluding diaryl/α,β-unsaturated/α-hetero) is 1. The summed E-state index contributed by atoms with van der Waals surface area (Å²) in [6, 6.07) is 2.46. The minimum Gasteiger partial charge on any atom is -0.461 e. The fraction of sp³-hybridized carbons (Fsp3) is 0.333. The topological polar surface area (TPSA) is 43.4 Å². The van der Waals surface area contributed by atoms with E-state index in [0.29, 0.717) is 6.07 Å². The number of halogens is 5. The van der Waals surface area contributed by atoms with Gasteiger partial charge in [0.2, 0.25) is 5.78 Å². The van der Waals surface area contributed by atoms with Crippen molar-refractivity contribution in [3.05, 3.63) is 35.4 Å². The van der Waals surface area contributed by atoms with Gasteiger partial charge in [-0.15, -0.1) is 0 Å². The summed E-state index contributed by atoms with van der Waals surface area (Å²) in [4.78, 5) is 22.4. The third kappa shape index (κ3) is 3.31. The predicted molar refractivity (Wildman–Crippen MR) is 57.4 cm³/mol. The molecule has 0 atom stereocenters. The SMILES string of the molecule is CCOC(=O)C(F)(F)C(=O)c1cccc(C(F)(F)F)c1. The van der Waals surface area contributed by atoms with Gasteiger partial charge >= 0.3 is 18.1 Å². The van der Waals surface area contributed by atoms with Gasteiger partial charge in [0.25, 0.3) is 0 Å². The lowest BCUT2D eigenvalue weighted by molar-refractivity contribution is -0.164. The van der Waals surface area contributed by atoms with E-state index in [4.69, 9.17) is 0 Å². The molecule has 1 aromatic carbocycles. The van der Waals surface area contributed by atoms with Crippen molar-refractivity contribution in [1.29, 1.82) is 0 Å². The van der Waals surface area contributed by atoms with Gasteiger partial charge in [-0.05, 0) is 19.1 Å². The molecule has 0 spiro atoms. The molecule has 0 unspecified atom stereocenters. The number of ketones is 1. The van der Waals surface area contributed by atoms with Crippen LogP contribution in [0.3, 0.4) is 0 Å². The van der Waals surface area contributed by atoms with E-state index in [1.165, 1.54) is 6.92 Å². The monoisotopic (exact) mass is 296 g/mol. The predicted octanol–water partition coefficient (Wildman–Crippen LogP) is 3.09. The second kappa shape index (κ2) is 5.56. The zero-order valence-corrected chi connectivity index (χ0v) is 10.1. The number of hydrogen-bond acceptors (Lipinski definition) is 3. The maximum absolute atomic E-state index is 13.4. The number of carbonyl (C=O) groups is 2. The summed E-state index contributed by atoms with van der Waals surface area (Å²) < 4.78 is 68.1. The van der Waals surface area contributed by atoms with Crippen LogP contribution in [-0.4, -0.2) is 24.3 Å². The van der Waals surface area contributed by atoms with Crippen molar-refractivity contribution < 1.29 is 36.3 Å². The third-order valence-corrected chi connectivity index (χ3v) is 2.27. The summed E-state index contributed by atoms with van der Waals surface area (Å²) in [6.07, 6.45) is -4.78. The van der Waals surface area contributed by atoms with E-state index in [1.807, 2.05) is 0 Å². The third-order valence-electron chi connectivity index (χ3n) is 2.27. The van der Waals surface area contributed by atoms with Gasteiger partial charge in [0.15, 0.2) is 0 Å². The number of hydrogen-bond donors (Lipinski definition) is 0. The standard InChI is InChI=1S/C12H9F5O3/c1-2-20-10(19)11(13,14)9(18)7-4-3-5-8(6-7)12(15,16)17/h3-6H,2H2,1H3. The summed E-state index contributed by atoms with van der Waals surface area (Å²) >= 11 is 0. The van der Waals surface area contributed by atoms with Crippen LogP contribution in [0.4, 0.5) is 22.0 Å². The molecule has 1 rings (SSSR count). The van der Waals surface area contributed by atoms with E-state index in [0.717, 1.165) is 12.1 Å².